The summed E-state index contributed by atoms with van der Waals surface area (Å²) in [6, 6.07) is 5.37. The number of nitrogens with one attached hydrogen (secondary N) is 1. The zero-order valence-electron chi connectivity index (χ0n) is 9.23. The van der Waals surface area contributed by atoms with Crippen molar-refractivity contribution in [2.75, 3.05) is 6.54 Å². The third-order valence-electron chi connectivity index (χ3n) is 1.96. The Kier molecular flexibility index (Phi) is 4.26. The molecule has 1 amide bonds. The van der Waals surface area contributed by atoms with Crippen LogP contribution in [-0.2, 0) is 10.0 Å². The molecule has 0 unspecified atom stereocenters. The number of hydrogen-bond donors (Lipinski definition) is 2. The molecule has 1 aromatic rings. The summed E-state index contributed by atoms with van der Waals surface area (Å²) in [5.41, 5.74) is 0.357. The molecule has 17 heavy (non-hydrogen) atoms. The van der Waals surface area contributed by atoms with E-state index in [2.05, 4.69) is 17.2 Å². The Bertz CT molecular complexity index is 565. The minimum Gasteiger partial charge on any atom is -0.341 e. The van der Waals surface area contributed by atoms with Crippen molar-refractivity contribution in [2.24, 2.45) is 5.14 Å². The number of carbonyl (C=O) groups excluding carboxylic acids is 1. The highest BCUT2D eigenvalue weighted by Gasteiger charge is 2.09. The monoisotopic (exact) mass is 252 g/mol. The molecule has 0 aliphatic rings. The van der Waals surface area contributed by atoms with E-state index in [9.17, 15) is 13.2 Å². The van der Waals surface area contributed by atoms with Crippen LogP contribution in [0.3, 0.4) is 0 Å². The standard InChI is InChI=1S/C11H12N2O3S/c1-2-3-8-13-11(14)9-4-6-10(7-5-9)17(12,15)16/h4-7H,8H2,1H3,(H,13,14)(H2,12,15,16). The number of sulfonamides is 1. The van der Waals surface area contributed by atoms with Crippen molar-refractivity contribution in [3.05, 3.63) is 29.8 Å². The molecule has 0 aliphatic carbocycles. The molecule has 5 nitrogen and oxygen atoms in total. The molecular formula is C11H12N2O3S. The Morgan fingerprint density at radius 3 is 2.41 bits per heavy atom. The van der Waals surface area contributed by atoms with Crippen molar-refractivity contribution in [1.29, 1.82) is 0 Å². The largest absolute Gasteiger partial charge is 0.341 e. The molecular weight excluding hydrogens is 240 g/mol. The summed E-state index contributed by atoms with van der Waals surface area (Å²) in [5, 5.41) is 7.50. The van der Waals surface area contributed by atoms with E-state index in [0.717, 1.165) is 0 Å². The number of amides is 1. The van der Waals surface area contributed by atoms with Gasteiger partial charge in [0.25, 0.3) is 5.91 Å². The Morgan fingerprint density at radius 1 is 1.35 bits per heavy atom. The van der Waals surface area contributed by atoms with Gasteiger partial charge in [0, 0.05) is 5.56 Å². The molecule has 0 radical (unpaired) electrons. The minimum absolute atomic E-state index is 0.0256. The van der Waals surface area contributed by atoms with Crippen LogP contribution in [0.15, 0.2) is 29.2 Å². The van der Waals surface area contributed by atoms with E-state index in [1.165, 1.54) is 24.3 Å². The number of benzene rings is 1. The molecule has 90 valence electrons. The molecule has 6 heteroatoms. The van der Waals surface area contributed by atoms with Crippen LogP contribution in [-0.4, -0.2) is 20.9 Å². The maximum Gasteiger partial charge on any atom is 0.252 e. The van der Waals surface area contributed by atoms with Gasteiger partial charge in [0.2, 0.25) is 10.0 Å². The van der Waals surface area contributed by atoms with E-state index < -0.39 is 10.0 Å². The Morgan fingerprint density at radius 2 is 1.94 bits per heavy atom. The molecule has 0 aliphatic heterocycles. The molecule has 0 spiro atoms. The maximum atomic E-state index is 11.5. The maximum absolute atomic E-state index is 11.5. The summed E-state index contributed by atoms with van der Waals surface area (Å²) in [6.45, 7) is 1.93. The van der Waals surface area contributed by atoms with Crippen molar-refractivity contribution in [1.82, 2.24) is 5.32 Å². The zero-order valence-corrected chi connectivity index (χ0v) is 10.0. The third-order valence-corrected chi connectivity index (χ3v) is 2.89. The average Bonchev–Trinajstić information content (AvgIpc) is 2.28. The first kappa shape index (κ1) is 13.2. The molecule has 0 fully saturated rings. The summed E-state index contributed by atoms with van der Waals surface area (Å²) in [7, 11) is -3.72. The van der Waals surface area contributed by atoms with E-state index in [4.69, 9.17) is 5.14 Å². The second-order valence-electron chi connectivity index (χ2n) is 3.18. The highest BCUT2D eigenvalue weighted by molar-refractivity contribution is 7.89. The van der Waals surface area contributed by atoms with Gasteiger partial charge in [-0.1, -0.05) is 5.92 Å². The predicted molar refractivity (Wildman–Crippen MR) is 63.6 cm³/mol. The fourth-order valence-corrected chi connectivity index (χ4v) is 1.63. The van der Waals surface area contributed by atoms with Crippen molar-refractivity contribution in [3.63, 3.8) is 0 Å². The highest BCUT2D eigenvalue weighted by atomic mass is 32.2. The first-order valence-corrected chi connectivity index (χ1v) is 6.30. The number of primary sulfonamides is 1. The third kappa shape index (κ3) is 3.90. The van der Waals surface area contributed by atoms with Gasteiger partial charge in [-0.2, -0.15) is 0 Å². The molecule has 1 rings (SSSR count). The highest BCUT2D eigenvalue weighted by Crippen LogP contribution is 2.08. The fourth-order valence-electron chi connectivity index (χ4n) is 1.11. The lowest BCUT2D eigenvalue weighted by Gasteiger charge is -2.02. The van der Waals surface area contributed by atoms with E-state index in [0.29, 0.717) is 5.56 Å². The van der Waals surface area contributed by atoms with E-state index in [1.54, 1.807) is 6.92 Å². The fraction of sp³-hybridized carbons (Fsp3) is 0.182. The van der Waals surface area contributed by atoms with Crippen molar-refractivity contribution in [2.45, 2.75) is 11.8 Å². The Balaban J connectivity index is 2.80. The second-order valence-corrected chi connectivity index (χ2v) is 4.74. The number of nitrogens with two attached hydrogens (primary N) is 1. The predicted octanol–water partition coefficient (Wildman–Crippen LogP) is 0.0871. The van der Waals surface area contributed by atoms with E-state index in [-0.39, 0.29) is 17.3 Å². The normalized spacial score (nSPS) is 10.2. The van der Waals surface area contributed by atoms with Gasteiger partial charge in [0.05, 0.1) is 11.4 Å². The van der Waals surface area contributed by atoms with Gasteiger partial charge in [-0.05, 0) is 31.2 Å². The van der Waals surface area contributed by atoms with Gasteiger partial charge in [-0.15, -0.1) is 5.92 Å². The molecule has 0 aromatic heterocycles. The van der Waals surface area contributed by atoms with Crippen molar-refractivity contribution < 1.29 is 13.2 Å². The van der Waals surface area contributed by atoms with Gasteiger partial charge in [0.15, 0.2) is 0 Å². The smallest absolute Gasteiger partial charge is 0.252 e. The molecule has 0 saturated carbocycles. The van der Waals surface area contributed by atoms with Crippen LogP contribution in [0, 0.1) is 11.8 Å². The molecule has 3 N–H and O–H groups in total. The first-order valence-electron chi connectivity index (χ1n) is 4.76. The first-order chi connectivity index (χ1) is 7.95. The number of hydrogen-bond acceptors (Lipinski definition) is 3. The Hall–Kier alpha value is -1.84. The molecule has 0 atom stereocenters. The Labute approximate surface area is 100 Å². The van der Waals surface area contributed by atoms with Gasteiger partial charge >= 0.3 is 0 Å². The quantitative estimate of drug-likeness (QED) is 0.747. The molecule has 0 saturated heterocycles. The van der Waals surface area contributed by atoms with Gasteiger partial charge in [-0.25, -0.2) is 13.6 Å². The van der Waals surface area contributed by atoms with Gasteiger partial charge in [-0.3, -0.25) is 4.79 Å². The topological polar surface area (TPSA) is 89.3 Å². The lowest BCUT2D eigenvalue weighted by atomic mass is 10.2. The molecule has 1 aromatic carbocycles. The van der Waals surface area contributed by atoms with Gasteiger partial charge < -0.3 is 5.32 Å². The summed E-state index contributed by atoms with van der Waals surface area (Å²) < 4.78 is 22.0. The van der Waals surface area contributed by atoms with Crippen molar-refractivity contribution >= 4 is 15.9 Å². The summed E-state index contributed by atoms with van der Waals surface area (Å²) in [5.74, 6) is 5.02. The number of carbonyl (C=O) groups is 1. The second kappa shape index (κ2) is 5.48. The van der Waals surface area contributed by atoms with Crippen molar-refractivity contribution in [3.8, 4) is 11.8 Å². The SMILES string of the molecule is CC#CCNC(=O)c1ccc(S(N)(=O)=O)cc1. The van der Waals surface area contributed by atoms with E-state index in [1.807, 2.05) is 0 Å². The van der Waals surface area contributed by atoms with Crippen LogP contribution < -0.4 is 10.5 Å². The summed E-state index contributed by atoms with van der Waals surface area (Å²) in [6.07, 6.45) is 0. The zero-order chi connectivity index (χ0) is 12.9. The molecule has 0 bridgehead atoms. The van der Waals surface area contributed by atoms with Crippen LogP contribution in [0.1, 0.15) is 17.3 Å². The lowest BCUT2D eigenvalue weighted by molar-refractivity contribution is 0.0958. The van der Waals surface area contributed by atoms with Crippen LogP contribution in [0.5, 0.6) is 0 Å². The number of rotatable bonds is 3. The minimum atomic E-state index is -3.72. The molecule has 0 heterocycles. The summed E-state index contributed by atoms with van der Waals surface area (Å²) in [4.78, 5) is 11.5. The van der Waals surface area contributed by atoms with Gasteiger partial charge in [0.1, 0.15) is 0 Å². The van der Waals surface area contributed by atoms with Crippen LogP contribution in [0.4, 0.5) is 0 Å². The van der Waals surface area contributed by atoms with Crippen LogP contribution in [0.25, 0.3) is 0 Å². The summed E-state index contributed by atoms with van der Waals surface area (Å²) >= 11 is 0. The lowest BCUT2D eigenvalue weighted by Crippen LogP contribution is -2.23. The van der Waals surface area contributed by atoms with E-state index >= 15 is 0 Å². The van der Waals surface area contributed by atoms with Crippen LogP contribution >= 0.6 is 0 Å². The average molecular weight is 252 g/mol. The van der Waals surface area contributed by atoms with Crippen LogP contribution in [0.2, 0.25) is 0 Å².